The number of anilines is 2. The third-order valence-corrected chi connectivity index (χ3v) is 13.4. The van der Waals surface area contributed by atoms with Gasteiger partial charge in [0.05, 0.1) is 17.1 Å². The molecule has 0 N–H and O–H groups in total. The number of aromatic nitrogens is 1. The fourth-order valence-corrected chi connectivity index (χ4v) is 10.7. The SMILES string of the molecule is C1=CC2C(C=C1c1ccc3c(c1)c1ccccc1n3-c1cc(C3=CC=NCC3)cc(-c3ccccc3)c1)c1ccccc1N2c1ccc2sc3ccccc3c2c1. The lowest BCUT2D eigenvalue weighted by molar-refractivity contribution is 0.747. The number of nitrogens with zero attached hydrogens (tertiary/aromatic N) is 3. The van der Waals surface area contributed by atoms with E-state index in [9.17, 15) is 0 Å². The Morgan fingerprint density at radius 3 is 2.26 bits per heavy atom. The highest BCUT2D eigenvalue weighted by molar-refractivity contribution is 7.25. The lowest BCUT2D eigenvalue weighted by Crippen LogP contribution is -2.28. The molecule has 2 aliphatic heterocycles. The van der Waals surface area contributed by atoms with E-state index in [1.54, 1.807) is 0 Å². The van der Waals surface area contributed by atoms with E-state index in [0.29, 0.717) is 0 Å². The van der Waals surface area contributed by atoms with Crippen molar-refractivity contribution in [1.82, 2.24) is 4.57 Å². The number of thiophene rings is 1. The van der Waals surface area contributed by atoms with Crippen molar-refractivity contribution in [2.24, 2.45) is 4.99 Å². The molecule has 12 rings (SSSR count). The highest BCUT2D eigenvalue weighted by atomic mass is 32.1. The third-order valence-electron chi connectivity index (χ3n) is 12.2. The molecule has 4 heterocycles. The van der Waals surface area contributed by atoms with Crippen LogP contribution in [0.3, 0.4) is 0 Å². The summed E-state index contributed by atoms with van der Waals surface area (Å²) in [5.74, 6) is 0.242. The van der Waals surface area contributed by atoms with Crippen LogP contribution in [0.2, 0.25) is 0 Å². The van der Waals surface area contributed by atoms with Crippen molar-refractivity contribution in [1.29, 1.82) is 0 Å². The molecule has 0 amide bonds. The van der Waals surface area contributed by atoms with Crippen LogP contribution < -0.4 is 4.90 Å². The molecule has 0 radical (unpaired) electrons. The molecule has 9 aromatic rings. The first-order chi connectivity index (χ1) is 28.2. The van der Waals surface area contributed by atoms with Crippen LogP contribution in [-0.4, -0.2) is 23.4 Å². The molecule has 270 valence electrons. The average molecular weight is 748 g/mol. The van der Waals surface area contributed by atoms with Crippen molar-refractivity contribution >= 4 is 82.1 Å². The number of aliphatic imine (C=N–C) groups is 1. The Hall–Kier alpha value is -6.75. The maximum atomic E-state index is 4.48. The number of benzene rings is 7. The standard InChI is InChI=1S/C53H37N3S/c1-2-10-34(11-3-1)38-28-39(35-24-26-54-27-25-35)30-41(29-38)56-49-16-8-5-13-43(49)46-32-37(19-22-51(46)56)36-18-21-50-45(31-36)42-12-4-7-15-48(42)55(50)40-20-23-53-47(33-40)44-14-6-9-17-52(44)57-53/h1-24,26,28-33,45,50H,25,27H2. The normalized spacial score (nSPS) is 17.4. The number of rotatable bonds is 5. The van der Waals surface area contributed by atoms with Gasteiger partial charge in [0.15, 0.2) is 0 Å². The lowest BCUT2D eigenvalue weighted by atomic mass is 9.86. The van der Waals surface area contributed by atoms with Gasteiger partial charge in [0.1, 0.15) is 0 Å². The number of para-hydroxylation sites is 2. The molecule has 57 heavy (non-hydrogen) atoms. The zero-order valence-corrected chi connectivity index (χ0v) is 32.0. The first-order valence-electron chi connectivity index (χ1n) is 19.9. The van der Waals surface area contributed by atoms with Gasteiger partial charge in [-0.3, -0.25) is 4.99 Å². The predicted molar refractivity (Wildman–Crippen MR) is 244 cm³/mol. The van der Waals surface area contributed by atoms with E-state index in [-0.39, 0.29) is 12.0 Å². The molecule has 0 saturated heterocycles. The zero-order chi connectivity index (χ0) is 37.5. The zero-order valence-electron chi connectivity index (χ0n) is 31.2. The molecule has 2 aromatic heterocycles. The van der Waals surface area contributed by atoms with Crippen LogP contribution in [0.15, 0.2) is 187 Å². The van der Waals surface area contributed by atoms with Crippen molar-refractivity contribution in [2.75, 3.05) is 11.4 Å². The minimum absolute atomic E-state index is 0.204. The summed E-state index contributed by atoms with van der Waals surface area (Å²) in [4.78, 5) is 7.04. The molecule has 0 bridgehead atoms. The molecule has 0 saturated carbocycles. The monoisotopic (exact) mass is 747 g/mol. The second-order valence-corrected chi connectivity index (χ2v) is 16.5. The summed E-state index contributed by atoms with van der Waals surface area (Å²) in [6.45, 7) is 0.826. The van der Waals surface area contributed by atoms with Gasteiger partial charge in [0.25, 0.3) is 0 Å². The number of hydrogen-bond donors (Lipinski definition) is 0. The highest BCUT2D eigenvalue weighted by Gasteiger charge is 2.38. The summed E-state index contributed by atoms with van der Waals surface area (Å²) in [7, 11) is 0. The summed E-state index contributed by atoms with van der Waals surface area (Å²) in [5.41, 5.74) is 15.0. The average Bonchev–Trinajstić information content (AvgIpc) is 3.94. The Balaban J connectivity index is 0.966. The van der Waals surface area contributed by atoms with E-state index in [4.69, 9.17) is 0 Å². The molecule has 4 heteroatoms. The Labute approximate surface area is 335 Å². The smallest absolute Gasteiger partial charge is 0.0630 e. The molecule has 0 spiro atoms. The van der Waals surface area contributed by atoms with Gasteiger partial charge in [-0.25, -0.2) is 0 Å². The lowest BCUT2D eigenvalue weighted by Gasteiger charge is -2.30. The first kappa shape index (κ1) is 32.5. The fraction of sp³-hybridized carbons (Fsp3) is 0.0755. The van der Waals surface area contributed by atoms with Gasteiger partial charge >= 0.3 is 0 Å². The van der Waals surface area contributed by atoms with Crippen LogP contribution in [-0.2, 0) is 0 Å². The summed E-state index contributed by atoms with van der Waals surface area (Å²) >= 11 is 1.88. The maximum Gasteiger partial charge on any atom is 0.0630 e. The second-order valence-electron chi connectivity index (χ2n) is 15.4. The molecule has 1 aliphatic carbocycles. The van der Waals surface area contributed by atoms with Crippen molar-refractivity contribution < 1.29 is 0 Å². The van der Waals surface area contributed by atoms with Gasteiger partial charge in [-0.1, -0.05) is 109 Å². The molecule has 7 aromatic carbocycles. The number of dihydropyridines is 1. The van der Waals surface area contributed by atoms with E-state index < -0.39 is 0 Å². The van der Waals surface area contributed by atoms with Gasteiger partial charge in [-0.2, -0.15) is 0 Å². The van der Waals surface area contributed by atoms with Crippen LogP contribution in [0.25, 0.3) is 69.9 Å². The molecular weight excluding hydrogens is 711 g/mol. The molecule has 3 nitrogen and oxygen atoms in total. The Morgan fingerprint density at radius 2 is 1.35 bits per heavy atom. The number of hydrogen-bond acceptors (Lipinski definition) is 3. The Morgan fingerprint density at radius 1 is 0.561 bits per heavy atom. The number of allylic oxidation sites excluding steroid dienone is 3. The van der Waals surface area contributed by atoms with Crippen LogP contribution >= 0.6 is 11.3 Å². The van der Waals surface area contributed by atoms with Gasteiger partial charge in [-0.15, -0.1) is 11.3 Å². The van der Waals surface area contributed by atoms with Gasteiger partial charge in [0.2, 0.25) is 0 Å². The van der Waals surface area contributed by atoms with Gasteiger partial charge in [-0.05, 0) is 118 Å². The molecule has 2 unspecified atom stereocenters. The van der Waals surface area contributed by atoms with E-state index in [2.05, 4.69) is 196 Å². The molecule has 0 fully saturated rings. The Bertz CT molecular complexity index is 3210. The first-order valence-corrected chi connectivity index (χ1v) is 20.7. The molecule has 2 atom stereocenters. The minimum Gasteiger partial charge on any atom is -0.333 e. The maximum absolute atomic E-state index is 4.48. The van der Waals surface area contributed by atoms with Crippen LogP contribution in [0.5, 0.6) is 0 Å². The predicted octanol–water partition coefficient (Wildman–Crippen LogP) is 13.9. The second kappa shape index (κ2) is 12.9. The minimum atomic E-state index is 0.204. The molecule has 3 aliphatic rings. The summed E-state index contributed by atoms with van der Waals surface area (Å²) in [6.07, 6.45) is 12.4. The van der Waals surface area contributed by atoms with Crippen molar-refractivity contribution in [2.45, 2.75) is 18.4 Å². The summed E-state index contributed by atoms with van der Waals surface area (Å²) in [6, 6.07) is 58.8. The largest absolute Gasteiger partial charge is 0.333 e. The van der Waals surface area contributed by atoms with Crippen molar-refractivity contribution in [3.63, 3.8) is 0 Å². The van der Waals surface area contributed by atoms with E-state index >= 15 is 0 Å². The molecular formula is C53H37N3S. The third kappa shape index (κ3) is 5.21. The quantitative estimate of drug-likeness (QED) is 0.172. The van der Waals surface area contributed by atoms with Crippen LogP contribution in [0, 0.1) is 0 Å². The van der Waals surface area contributed by atoms with E-state index in [1.807, 2.05) is 17.6 Å². The Kier molecular flexibility index (Phi) is 7.36. The number of fused-ring (bicyclic) bond motifs is 9. The van der Waals surface area contributed by atoms with Gasteiger partial charge in [0, 0.05) is 66.7 Å². The van der Waals surface area contributed by atoms with E-state index in [0.717, 1.165) is 13.0 Å². The summed E-state index contributed by atoms with van der Waals surface area (Å²) < 4.78 is 5.14. The van der Waals surface area contributed by atoms with Crippen LogP contribution in [0.1, 0.15) is 29.0 Å². The van der Waals surface area contributed by atoms with E-state index in [1.165, 1.54) is 98.0 Å². The van der Waals surface area contributed by atoms with Crippen molar-refractivity contribution in [3.05, 3.63) is 199 Å². The topological polar surface area (TPSA) is 20.5 Å². The fourth-order valence-electron chi connectivity index (χ4n) is 9.59. The summed E-state index contributed by atoms with van der Waals surface area (Å²) in [5, 5.41) is 5.19. The van der Waals surface area contributed by atoms with Crippen molar-refractivity contribution in [3.8, 4) is 16.8 Å². The van der Waals surface area contributed by atoms with Gasteiger partial charge < -0.3 is 9.47 Å². The highest BCUT2D eigenvalue weighted by Crippen LogP contribution is 2.50. The van der Waals surface area contributed by atoms with Crippen LogP contribution in [0.4, 0.5) is 11.4 Å².